The van der Waals surface area contributed by atoms with Gasteiger partial charge in [-0.25, -0.2) is 0 Å². The first kappa shape index (κ1) is 26.5. The fraction of sp³-hybridized carbons (Fsp3) is 0.333. The number of hydrogen-bond acceptors (Lipinski definition) is 2. The minimum absolute atomic E-state index is 0.611. The van der Waals surface area contributed by atoms with Crippen LogP contribution in [0.4, 0.5) is 0 Å². The Morgan fingerprint density at radius 3 is 1.51 bits per heavy atom. The van der Waals surface area contributed by atoms with Crippen LogP contribution in [0.25, 0.3) is 0 Å². The Kier molecular flexibility index (Phi) is 9.56. The van der Waals surface area contributed by atoms with Gasteiger partial charge in [0.1, 0.15) is 0 Å². The summed E-state index contributed by atoms with van der Waals surface area (Å²) in [6.45, 7) is 4.48. The maximum atomic E-state index is 7.18. The second-order valence-electron chi connectivity index (χ2n) is 9.11. The van der Waals surface area contributed by atoms with E-state index in [1.807, 2.05) is 48.5 Å². The van der Waals surface area contributed by atoms with Crippen LogP contribution in [-0.2, 0) is 21.1 Å². The Bertz CT molecular complexity index is 1070. The molecule has 0 radical (unpaired) electrons. The van der Waals surface area contributed by atoms with Crippen molar-refractivity contribution in [1.82, 2.24) is 0 Å². The van der Waals surface area contributed by atoms with Gasteiger partial charge in [0.15, 0.2) is 0 Å². The second-order valence-corrected chi connectivity index (χ2v) is 16.9. The first-order chi connectivity index (χ1) is 17.1. The van der Waals surface area contributed by atoms with Crippen molar-refractivity contribution in [1.29, 1.82) is 0 Å². The van der Waals surface area contributed by atoms with Gasteiger partial charge in [-0.2, -0.15) is 0 Å². The van der Waals surface area contributed by atoms with Crippen molar-refractivity contribution >= 4 is 23.2 Å². The van der Waals surface area contributed by atoms with Gasteiger partial charge in [-0.3, -0.25) is 0 Å². The Labute approximate surface area is 226 Å². The third-order valence-electron chi connectivity index (χ3n) is 6.63. The normalized spacial score (nSPS) is 15.4. The van der Waals surface area contributed by atoms with Crippen molar-refractivity contribution < 1.29 is 26.8 Å². The number of halogens is 2. The topological polar surface area (TPSA) is 18.5 Å². The van der Waals surface area contributed by atoms with Crippen molar-refractivity contribution in [3.63, 3.8) is 0 Å². The monoisotopic (exact) mass is 586 g/mol. The van der Waals surface area contributed by atoms with Crippen LogP contribution in [-0.4, -0.2) is 0 Å². The predicted molar refractivity (Wildman–Crippen MR) is 145 cm³/mol. The number of allylic oxidation sites excluding steroid dienone is 8. The minimum atomic E-state index is -4.31. The molecule has 0 N–H and O–H groups in total. The van der Waals surface area contributed by atoms with E-state index in [-0.39, 0.29) is 0 Å². The molecule has 2 aliphatic carbocycles. The molecule has 0 spiro atoms. The molecule has 2 aromatic rings. The molecule has 4 rings (SSSR count). The van der Waals surface area contributed by atoms with Crippen LogP contribution in [0, 0.1) is 0 Å². The molecule has 0 bridgehead atoms. The molecule has 0 unspecified atom stereocenters. The first-order valence-electron chi connectivity index (χ1n) is 12.7. The van der Waals surface area contributed by atoms with Crippen LogP contribution in [0.15, 0.2) is 90.5 Å². The van der Waals surface area contributed by atoms with Crippen molar-refractivity contribution in [2.24, 2.45) is 0 Å². The van der Waals surface area contributed by atoms with E-state index in [9.17, 15) is 0 Å². The summed E-state index contributed by atoms with van der Waals surface area (Å²) in [7, 11) is 0. The summed E-state index contributed by atoms with van der Waals surface area (Å²) in [4.78, 5) is 0. The third kappa shape index (κ3) is 6.07. The van der Waals surface area contributed by atoms with Crippen molar-refractivity contribution in [2.75, 3.05) is 0 Å². The van der Waals surface area contributed by atoms with E-state index < -0.39 is 21.1 Å². The first-order valence-corrected chi connectivity index (χ1v) is 18.0. The molecule has 2 aromatic carbocycles. The average Bonchev–Trinajstić information content (AvgIpc) is 3.54. The van der Waals surface area contributed by atoms with Crippen LogP contribution in [0.3, 0.4) is 0 Å². The Balaban J connectivity index is 1.94. The molecule has 2 aliphatic rings. The zero-order valence-electron chi connectivity index (χ0n) is 20.7. The fourth-order valence-electron chi connectivity index (χ4n) is 4.81. The zero-order chi connectivity index (χ0) is 24.7. The van der Waals surface area contributed by atoms with Crippen LogP contribution in [0.2, 0.25) is 10.0 Å². The van der Waals surface area contributed by atoms with Crippen molar-refractivity contribution in [3.05, 3.63) is 101 Å². The summed E-state index contributed by atoms with van der Waals surface area (Å²) in [5.74, 6) is 1.39. The van der Waals surface area contributed by atoms with Gasteiger partial charge in [-0.15, -0.1) is 0 Å². The molecule has 5 heteroatoms. The van der Waals surface area contributed by atoms with E-state index in [2.05, 4.69) is 38.2 Å². The SMILES string of the molecule is CCCCC1=[C]([Zr]([O]c2ccccc2Cl)([O]c2ccccc2Cl)[C]2=C(CCCC)C=CC2)CC=C1. The van der Waals surface area contributed by atoms with E-state index >= 15 is 0 Å². The van der Waals surface area contributed by atoms with Gasteiger partial charge in [-0.05, 0) is 0 Å². The molecule has 0 heterocycles. The quantitative estimate of drug-likeness (QED) is 0.246. The molecule has 0 atom stereocenters. The van der Waals surface area contributed by atoms with E-state index in [0.717, 1.165) is 51.4 Å². The van der Waals surface area contributed by atoms with Gasteiger partial charge in [-0.1, -0.05) is 0 Å². The number of rotatable bonds is 12. The molecule has 0 aliphatic heterocycles. The van der Waals surface area contributed by atoms with Gasteiger partial charge in [0, 0.05) is 0 Å². The van der Waals surface area contributed by atoms with E-state index in [4.69, 9.17) is 28.8 Å². The van der Waals surface area contributed by atoms with E-state index in [0.29, 0.717) is 21.5 Å². The van der Waals surface area contributed by atoms with Gasteiger partial charge < -0.3 is 0 Å². The standard InChI is InChI=1S/2C9H13.2C6H5ClO.Zr/c2*1-2-3-6-9-7-4-5-8-9;2*7-5-3-1-2-4-6(5)8;/h2*4,7H,2-3,5-6H2,1H3;2*1-4,8H;/q;;;;+2/p-2. The molecule has 184 valence electrons. The summed E-state index contributed by atoms with van der Waals surface area (Å²) < 4.78 is 17.1. The average molecular weight is 589 g/mol. The van der Waals surface area contributed by atoms with Crippen molar-refractivity contribution in [3.8, 4) is 11.5 Å². The maximum absolute atomic E-state index is 7.18. The van der Waals surface area contributed by atoms with Crippen molar-refractivity contribution in [2.45, 2.75) is 65.2 Å². The van der Waals surface area contributed by atoms with Gasteiger partial charge in [0.2, 0.25) is 0 Å². The summed E-state index contributed by atoms with van der Waals surface area (Å²) in [6.07, 6.45) is 17.5. The van der Waals surface area contributed by atoms with Gasteiger partial charge in [0.05, 0.1) is 0 Å². The number of para-hydroxylation sites is 2. The van der Waals surface area contributed by atoms with Crippen LogP contribution < -0.4 is 5.63 Å². The number of hydrogen-bond donors (Lipinski definition) is 0. The second kappa shape index (κ2) is 12.6. The number of benzene rings is 2. The summed E-state index contributed by atoms with van der Waals surface area (Å²) >= 11 is 9.06. The summed E-state index contributed by atoms with van der Waals surface area (Å²) in [5, 5.41) is 1.22. The molecule has 2 nitrogen and oxygen atoms in total. The Morgan fingerprint density at radius 2 is 1.11 bits per heavy atom. The molecule has 0 saturated heterocycles. The molecular weight excluding hydrogens is 554 g/mol. The zero-order valence-corrected chi connectivity index (χ0v) is 24.6. The van der Waals surface area contributed by atoms with Gasteiger partial charge in [0.25, 0.3) is 0 Å². The molecule has 0 saturated carbocycles. The Hall–Kier alpha value is -1.54. The van der Waals surface area contributed by atoms with E-state index in [1.165, 1.54) is 17.7 Å². The van der Waals surface area contributed by atoms with Gasteiger partial charge >= 0.3 is 227 Å². The Morgan fingerprint density at radius 1 is 0.686 bits per heavy atom. The molecular formula is C30H34Cl2O2Zr. The predicted octanol–water partition coefficient (Wildman–Crippen LogP) is 10.2. The molecule has 35 heavy (non-hydrogen) atoms. The van der Waals surface area contributed by atoms with Crippen LogP contribution >= 0.6 is 23.2 Å². The summed E-state index contributed by atoms with van der Waals surface area (Å²) in [6, 6.07) is 15.5. The number of unbranched alkanes of at least 4 members (excludes halogenated alkanes) is 2. The summed E-state index contributed by atoms with van der Waals surface area (Å²) in [5.41, 5.74) is 2.74. The molecule has 0 fully saturated rings. The van der Waals surface area contributed by atoms with E-state index in [1.54, 1.807) is 0 Å². The van der Waals surface area contributed by atoms with Crippen LogP contribution in [0.1, 0.15) is 65.2 Å². The third-order valence-corrected chi connectivity index (χ3v) is 16.2. The molecule has 0 amide bonds. The van der Waals surface area contributed by atoms with Crippen LogP contribution in [0.5, 0.6) is 11.5 Å². The fourth-order valence-corrected chi connectivity index (χ4v) is 15.1. The molecule has 0 aromatic heterocycles.